The Labute approximate surface area is 222 Å². The van der Waals surface area contributed by atoms with Gasteiger partial charge in [-0.2, -0.15) is 0 Å². The Bertz CT molecular complexity index is 1150. The second-order valence-electron chi connectivity index (χ2n) is 12.0. The number of fused-ring (bicyclic) bond motifs is 2. The Kier molecular flexibility index (Phi) is 6.03. The number of allylic oxidation sites excluding steroid dienone is 2. The van der Waals surface area contributed by atoms with Crippen LogP contribution in [0.25, 0.3) is 0 Å². The van der Waals surface area contributed by atoms with E-state index in [1.54, 1.807) is 6.08 Å². The fourth-order valence-electron chi connectivity index (χ4n) is 7.88. The normalized spacial score (nSPS) is 48.6. The molecule has 0 amide bonds. The first kappa shape index (κ1) is 25.9. The minimum Gasteiger partial charge on any atom is -0.462 e. The summed E-state index contributed by atoms with van der Waals surface area (Å²) in [4.78, 5) is 38.9. The van der Waals surface area contributed by atoms with E-state index < -0.39 is 46.2 Å². The van der Waals surface area contributed by atoms with Crippen molar-refractivity contribution < 1.29 is 43.2 Å². The summed E-state index contributed by atoms with van der Waals surface area (Å²) in [6.45, 7) is 6.28. The molecular formula is C29H36O9. The highest BCUT2D eigenvalue weighted by Crippen LogP contribution is 2.72. The number of hydrogen-bond donors (Lipinski definition) is 1. The maximum atomic E-state index is 13.2. The lowest BCUT2D eigenvalue weighted by Crippen LogP contribution is -2.66. The van der Waals surface area contributed by atoms with Gasteiger partial charge in [0.15, 0.2) is 11.4 Å². The van der Waals surface area contributed by atoms with Crippen molar-refractivity contribution in [2.75, 3.05) is 19.8 Å². The summed E-state index contributed by atoms with van der Waals surface area (Å²) in [6.07, 6.45) is 6.90. The van der Waals surface area contributed by atoms with Gasteiger partial charge in [-0.25, -0.2) is 9.59 Å². The van der Waals surface area contributed by atoms with Crippen LogP contribution in [-0.4, -0.2) is 78.3 Å². The Morgan fingerprint density at radius 1 is 1.08 bits per heavy atom. The van der Waals surface area contributed by atoms with Crippen LogP contribution in [0.1, 0.15) is 59.3 Å². The predicted molar refractivity (Wildman–Crippen MR) is 133 cm³/mol. The van der Waals surface area contributed by atoms with Crippen molar-refractivity contribution in [3.63, 3.8) is 0 Å². The van der Waals surface area contributed by atoms with Crippen LogP contribution < -0.4 is 0 Å². The van der Waals surface area contributed by atoms with Crippen molar-refractivity contribution in [3.05, 3.63) is 35.5 Å². The van der Waals surface area contributed by atoms with Crippen molar-refractivity contribution in [1.82, 2.24) is 0 Å². The van der Waals surface area contributed by atoms with Crippen molar-refractivity contribution in [2.45, 2.75) is 94.9 Å². The molecule has 38 heavy (non-hydrogen) atoms. The molecule has 6 rings (SSSR count). The number of carbonyl (C=O) groups excluding carboxylic acids is 3. The fraction of sp³-hybridized carbons (Fsp3) is 0.690. The molecule has 3 saturated heterocycles. The van der Waals surface area contributed by atoms with Crippen LogP contribution in [-0.2, 0) is 38.1 Å². The first-order valence-electron chi connectivity index (χ1n) is 13.6. The number of aliphatic hydroxyl groups is 1. The molecule has 4 heterocycles. The number of hydrogen-bond acceptors (Lipinski definition) is 9. The Morgan fingerprint density at radius 2 is 1.87 bits per heavy atom. The van der Waals surface area contributed by atoms with E-state index in [0.717, 1.165) is 6.42 Å². The molecule has 6 aliphatic rings. The highest BCUT2D eigenvalue weighted by molar-refractivity contribution is 5.88. The molecule has 4 fully saturated rings. The third kappa shape index (κ3) is 3.48. The number of cyclic esters (lactones) is 1. The standard InChI is InChI=1S/C29H36O9/c1-17-7-10-27-15-34-24(32)13-19-8-11-35-28(18(2)30,25(19)33)9-5-4-6-23(31)38-20-14-22(37-21(27)12-17)29(16-36-29)26(20,27)3/h4,6,12-13,20-22,25,33H,5,7-11,14-16H2,1-3H3/b6-4+,19-13+/t20-,21-,22-,25-,26-,27-,28-,29+/m1/s1. The fourth-order valence-corrected chi connectivity index (χ4v) is 7.88. The maximum Gasteiger partial charge on any atom is 0.330 e. The zero-order valence-electron chi connectivity index (χ0n) is 22.2. The molecule has 9 nitrogen and oxygen atoms in total. The number of ketones is 1. The van der Waals surface area contributed by atoms with Crippen LogP contribution in [0.2, 0.25) is 0 Å². The number of ether oxygens (including phenoxy) is 5. The zero-order valence-corrected chi connectivity index (χ0v) is 22.2. The van der Waals surface area contributed by atoms with Gasteiger partial charge in [0.2, 0.25) is 0 Å². The van der Waals surface area contributed by atoms with E-state index in [2.05, 4.69) is 19.9 Å². The summed E-state index contributed by atoms with van der Waals surface area (Å²) >= 11 is 0. The summed E-state index contributed by atoms with van der Waals surface area (Å²) in [5, 5.41) is 11.2. The second-order valence-corrected chi connectivity index (χ2v) is 12.0. The molecule has 8 atom stereocenters. The van der Waals surface area contributed by atoms with Gasteiger partial charge in [0.25, 0.3) is 0 Å². The first-order valence-corrected chi connectivity index (χ1v) is 13.6. The summed E-state index contributed by atoms with van der Waals surface area (Å²) in [7, 11) is 0. The van der Waals surface area contributed by atoms with Gasteiger partial charge >= 0.3 is 11.9 Å². The number of carbonyl (C=O) groups is 3. The maximum absolute atomic E-state index is 13.2. The van der Waals surface area contributed by atoms with Crippen LogP contribution in [0.4, 0.5) is 0 Å². The van der Waals surface area contributed by atoms with Gasteiger partial charge in [-0.05, 0) is 51.5 Å². The van der Waals surface area contributed by atoms with E-state index in [9.17, 15) is 19.5 Å². The van der Waals surface area contributed by atoms with Gasteiger partial charge < -0.3 is 28.8 Å². The lowest BCUT2D eigenvalue weighted by molar-refractivity contribution is -0.232. The van der Waals surface area contributed by atoms with Crippen LogP contribution >= 0.6 is 0 Å². The number of esters is 2. The van der Waals surface area contributed by atoms with Crippen LogP contribution in [0, 0.1) is 10.8 Å². The first-order chi connectivity index (χ1) is 18.1. The quantitative estimate of drug-likeness (QED) is 0.311. The van der Waals surface area contributed by atoms with Crippen molar-refractivity contribution in [3.8, 4) is 0 Å². The lowest BCUT2D eigenvalue weighted by atomic mass is 9.51. The molecule has 0 aromatic carbocycles. The number of Topliss-reactive ketones (excluding diaryl/α,β-unsaturated/α-hetero) is 1. The monoisotopic (exact) mass is 528 g/mol. The number of rotatable bonds is 1. The van der Waals surface area contributed by atoms with Crippen molar-refractivity contribution in [2.24, 2.45) is 10.8 Å². The minimum atomic E-state index is -1.49. The Hall–Kier alpha value is -2.33. The molecule has 0 aromatic heterocycles. The minimum absolute atomic E-state index is 0.0483. The number of aliphatic hydroxyl groups excluding tert-OH is 1. The van der Waals surface area contributed by atoms with E-state index in [1.165, 1.54) is 24.6 Å². The molecule has 0 unspecified atom stereocenters. The third-order valence-corrected chi connectivity index (χ3v) is 10.3. The molecule has 4 aliphatic heterocycles. The molecule has 4 bridgehead atoms. The third-order valence-electron chi connectivity index (χ3n) is 10.3. The van der Waals surface area contributed by atoms with Gasteiger partial charge in [0, 0.05) is 24.0 Å². The van der Waals surface area contributed by atoms with E-state index in [1.807, 2.05) is 0 Å². The van der Waals surface area contributed by atoms with E-state index in [4.69, 9.17) is 23.7 Å². The smallest absolute Gasteiger partial charge is 0.330 e. The Morgan fingerprint density at radius 3 is 2.61 bits per heavy atom. The molecule has 1 N–H and O–H groups in total. The van der Waals surface area contributed by atoms with Gasteiger partial charge in [0.1, 0.15) is 24.4 Å². The molecule has 2 spiro atoms. The molecule has 1 saturated carbocycles. The van der Waals surface area contributed by atoms with Crippen molar-refractivity contribution >= 4 is 17.7 Å². The average molecular weight is 529 g/mol. The summed E-state index contributed by atoms with van der Waals surface area (Å²) < 4.78 is 30.6. The number of epoxide rings is 1. The largest absolute Gasteiger partial charge is 0.462 e. The molecular weight excluding hydrogens is 492 g/mol. The van der Waals surface area contributed by atoms with E-state index in [-0.39, 0.29) is 37.6 Å². The van der Waals surface area contributed by atoms with Gasteiger partial charge in [-0.15, -0.1) is 0 Å². The highest BCUT2D eigenvalue weighted by Gasteiger charge is 2.83. The molecule has 0 aromatic rings. The van der Waals surface area contributed by atoms with Crippen LogP contribution in [0.15, 0.2) is 35.5 Å². The molecule has 0 radical (unpaired) electrons. The van der Waals surface area contributed by atoms with Gasteiger partial charge in [0.05, 0.1) is 30.8 Å². The Balaban J connectivity index is 1.42. The summed E-state index contributed by atoms with van der Waals surface area (Å²) in [5.74, 6) is -1.41. The topological polar surface area (TPSA) is 121 Å². The molecule has 2 aliphatic carbocycles. The van der Waals surface area contributed by atoms with Gasteiger partial charge in [-0.1, -0.05) is 24.6 Å². The summed E-state index contributed by atoms with van der Waals surface area (Å²) in [5.41, 5.74) is -1.77. The lowest BCUT2D eigenvalue weighted by Gasteiger charge is -2.58. The van der Waals surface area contributed by atoms with Crippen molar-refractivity contribution in [1.29, 1.82) is 0 Å². The van der Waals surface area contributed by atoms with Crippen LogP contribution in [0.5, 0.6) is 0 Å². The predicted octanol–water partition coefficient (Wildman–Crippen LogP) is 2.50. The summed E-state index contributed by atoms with van der Waals surface area (Å²) in [6, 6.07) is 0. The second kappa shape index (κ2) is 8.84. The molecule has 9 heteroatoms. The van der Waals surface area contributed by atoms with Crippen LogP contribution in [0.3, 0.4) is 0 Å². The molecule has 206 valence electrons. The SMILES string of the molecule is CC(=O)[C@@]12CC/C=C/C(=O)O[C@@H]3C[C@H]4O[C@@H]5C=C(C)CC[C@]5(COC(=O)/C=C(\CCO1)[C@H]2O)[C@]3(C)[C@]41CO1. The van der Waals surface area contributed by atoms with E-state index in [0.29, 0.717) is 37.9 Å². The highest BCUT2D eigenvalue weighted by atomic mass is 16.6. The average Bonchev–Trinajstić information content (AvgIpc) is 3.65. The zero-order chi connectivity index (χ0) is 26.9. The van der Waals surface area contributed by atoms with E-state index >= 15 is 0 Å². The van der Waals surface area contributed by atoms with Gasteiger partial charge in [-0.3, -0.25) is 4.79 Å².